The minimum Gasteiger partial charge on any atom is -0.472 e. The first-order valence-corrected chi connectivity index (χ1v) is 13.1. The van der Waals surface area contributed by atoms with Gasteiger partial charge in [-0.2, -0.15) is 13.2 Å². The van der Waals surface area contributed by atoms with E-state index in [2.05, 4.69) is 19.9 Å². The number of oxime groups is 1. The van der Waals surface area contributed by atoms with Crippen LogP contribution in [0.5, 0.6) is 5.75 Å². The molecule has 37 heavy (non-hydrogen) atoms. The molecule has 0 saturated carbocycles. The summed E-state index contributed by atoms with van der Waals surface area (Å²) in [6.07, 6.45) is -5.63. The topological polar surface area (TPSA) is 70.4 Å². The molecule has 198 valence electrons. The maximum Gasteiger partial charge on any atom is 0.417 e. The van der Waals surface area contributed by atoms with Crippen molar-refractivity contribution in [3.8, 4) is 5.75 Å². The smallest absolute Gasteiger partial charge is 0.417 e. The fourth-order valence-electron chi connectivity index (χ4n) is 4.87. The predicted octanol–water partition coefficient (Wildman–Crippen LogP) is 4.52. The number of ether oxygens (including phenoxy) is 1. The molecule has 1 fully saturated rings. The molecular formula is C26H29F3N4O3S. The number of halogens is 3. The van der Waals surface area contributed by atoms with Crippen LogP contribution in [0, 0.1) is 6.92 Å². The van der Waals surface area contributed by atoms with Gasteiger partial charge in [-0.25, -0.2) is 4.98 Å². The molecule has 1 N–H and O–H groups in total. The lowest BCUT2D eigenvalue weighted by Gasteiger charge is -2.40. The van der Waals surface area contributed by atoms with E-state index in [0.717, 1.165) is 21.3 Å². The van der Waals surface area contributed by atoms with Gasteiger partial charge in [-0.05, 0) is 32.0 Å². The molecule has 1 aromatic heterocycles. The van der Waals surface area contributed by atoms with E-state index < -0.39 is 24.1 Å². The van der Waals surface area contributed by atoms with E-state index in [0.29, 0.717) is 50.6 Å². The standard InChI is InChI=1S/C26H29F3N4O3S/c1-16(34)25(35-18-7-8-24-23(13-18)30-17(2)37-24)33-11-9-32(10-12-33)15-19-14-22(31-36-19)20-5-3-4-6-21(20)26(27,28)29/h3-8,13,16,19,25,34H,9-12,14-15H2,1-2H3. The molecule has 2 aromatic carbocycles. The van der Waals surface area contributed by atoms with Crippen molar-refractivity contribution < 1.29 is 27.9 Å². The van der Waals surface area contributed by atoms with Crippen molar-refractivity contribution in [2.75, 3.05) is 32.7 Å². The van der Waals surface area contributed by atoms with Crippen LogP contribution in [0.4, 0.5) is 13.2 Å². The predicted molar refractivity (Wildman–Crippen MR) is 136 cm³/mol. The van der Waals surface area contributed by atoms with Gasteiger partial charge in [0.25, 0.3) is 0 Å². The third-order valence-electron chi connectivity index (χ3n) is 6.64. The Morgan fingerprint density at radius 1 is 1.16 bits per heavy atom. The summed E-state index contributed by atoms with van der Waals surface area (Å²) < 4.78 is 47.5. The van der Waals surface area contributed by atoms with Crippen molar-refractivity contribution in [2.45, 2.75) is 44.9 Å². The number of hydrogen-bond acceptors (Lipinski definition) is 8. The summed E-state index contributed by atoms with van der Waals surface area (Å²) in [5.41, 5.74) is 0.585. The molecule has 0 spiro atoms. The number of aromatic nitrogens is 1. The molecule has 0 bridgehead atoms. The molecule has 0 radical (unpaired) electrons. The zero-order valence-corrected chi connectivity index (χ0v) is 21.4. The summed E-state index contributed by atoms with van der Waals surface area (Å²) >= 11 is 1.63. The number of aryl methyl sites for hydroxylation is 1. The molecule has 5 rings (SSSR count). The van der Waals surface area contributed by atoms with E-state index >= 15 is 0 Å². The van der Waals surface area contributed by atoms with Gasteiger partial charge >= 0.3 is 6.18 Å². The Morgan fingerprint density at radius 3 is 2.65 bits per heavy atom. The number of alkyl halides is 3. The van der Waals surface area contributed by atoms with Crippen LogP contribution >= 0.6 is 11.3 Å². The first kappa shape index (κ1) is 25.9. The minimum absolute atomic E-state index is 0.0743. The Balaban J connectivity index is 1.15. The van der Waals surface area contributed by atoms with Gasteiger partial charge in [0.2, 0.25) is 0 Å². The molecule has 3 heterocycles. The quantitative estimate of drug-likeness (QED) is 0.481. The molecule has 1 saturated heterocycles. The number of fused-ring (bicyclic) bond motifs is 1. The molecule has 7 nitrogen and oxygen atoms in total. The van der Waals surface area contributed by atoms with Crippen LogP contribution in [-0.4, -0.2) is 76.8 Å². The summed E-state index contributed by atoms with van der Waals surface area (Å²) in [5, 5.41) is 15.4. The van der Waals surface area contributed by atoms with Gasteiger partial charge in [0, 0.05) is 50.8 Å². The Morgan fingerprint density at radius 2 is 1.92 bits per heavy atom. The van der Waals surface area contributed by atoms with Crippen molar-refractivity contribution in [2.24, 2.45) is 5.16 Å². The van der Waals surface area contributed by atoms with Crippen LogP contribution in [0.3, 0.4) is 0 Å². The maximum absolute atomic E-state index is 13.4. The van der Waals surface area contributed by atoms with Crippen LogP contribution in [0.2, 0.25) is 0 Å². The van der Waals surface area contributed by atoms with Gasteiger partial charge in [-0.1, -0.05) is 23.4 Å². The summed E-state index contributed by atoms with van der Waals surface area (Å²) in [6.45, 7) is 7.02. The van der Waals surface area contributed by atoms with Crippen molar-refractivity contribution in [3.05, 3.63) is 58.6 Å². The van der Waals surface area contributed by atoms with Crippen LogP contribution in [-0.2, 0) is 11.0 Å². The van der Waals surface area contributed by atoms with E-state index in [-0.39, 0.29) is 11.7 Å². The number of aliphatic hydroxyl groups excluding tert-OH is 1. The van der Waals surface area contributed by atoms with Crippen molar-refractivity contribution in [3.63, 3.8) is 0 Å². The highest BCUT2D eigenvalue weighted by Gasteiger charge is 2.37. The van der Waals surface area contributed by atoms with Gasteiger partial charge in [0.05, 0.1) is 26.5 Å². The Labute approximate surface area is 217 Å². The number of hydrogen-bond donors (Lipinski definition) is 1. The molecule has 0 amide bonds. The van der Waals surface area contributed by atoms with Gasteiger partial charge < -0.3 is 14.7 Å². The van der Waals surface area contributed by atoms with Crippen molar-refractivity contribution in [1.82, 2.24) is 14.8 Å². The number of rotatable bonds is 7. The van der Waals surface area contributed by atoms with Gasteiger partial charge in [0.15, 0.2) is 6.23 Å². The van der Waals surface area contributed by atoms with Crippen molar-refractivity contribution in [1.29, 1.82) is 0 Å². The molecular weight excluding hydrogens is 505 g/mol. The number of aliphatic hydroxyl groups is 1. The summed E-state index contributed by atoms with van der Waals surface area (Å²) in [7, 11) is 0. The second-order valence-electron chi connectivity index (χ2n) is 9.46. The number of nitrogens with zero attached hydrogens (tertiary/aromatic N) is 4. The molecule has 0 aliphatic carbocycles. The zero-order chi connectivity index (χ0) is 26.2. The van der Waals surface area contributed by atoms with Crippen molar-refractivity contribution >= 4 is 27.3 Å². The average molecular weight is 535 g/mol. The fourth-order valence-corrected chi connectivity index (χ4v) is 5.68. The minimum atomic E-state index is -4.44. The van der Waals surface area contributed by atoms with Crippen LogP contribution in [0.15, 0.2) is 47.6 Å². The summed E-state index contributed by atoms with van der Waals surface area (Å²) in [5.74, 6) is 0.661. The van der Waals surface area contributed by atoms with E-state index in [1.165, 1.54) is 12.1 Å². The number of piperazine rings is 1. The largest absolute Gasteiger partial charge is 0.472 e. The highest BCUT2D eigenvalue weighted by atomic mass is 32.1. The Bertz CT molecular complexity index is 1270. The Kier molecular flexibility index (Phi) is 7.39. The second-order valence-corrected chi connectivity index (χ2v) is 10.7. The maximum atomic E-state index is 13.4. The first-order chi connectivity index (χ1) is 17.7. The molecule has 3 unspecified atom stereocenters. The van der Waals surface area contributed by atoms with Crippen LogP contribution in [0.1, 0.15) is 29.5 Å². The van der Waals surface area contributed by atoms with Crippen LogP contribution in [0.25, 0.3) is 10.2 Å². The summed E-state index contributed by atoms with van der Waals surface area (Å²) in [4.78, 5) is 14.3. The lowest BCUT2D eigenvalue weighted by molar-refractivity contribution is -0.137. The number of thiazole rings is 1. The zero-order valence-electron chi connectivity index (χ0n) is 20.6. The van der Waals surface area contributed by atoms with E-state index in [1.807, 2.05) is 25.1 Å². The van der Waals surface area contributed by atoms with E-state index in [1.54, 1.807) is 24.3 Å². The fraction of sp³-hybridized carbons (Fsp3) is 0.462. The molecule has 3 aromatic rings. The number of benzene rings is 2. The first-order valence-electron chi connectivity index (χ1n) is 12.2. The third kappa shape index (κ3) is 5.90. The molecule has 2 aliphatic heterocycles. The molecule has 11 heteroatoms. The van der Waals surface area contributed by atoms with Crippen LogP contribution < -0.4 is 4.74 Å². The van der Waals surface area contributed by atoms with Gasteiger partial charge in [-0.3, -0.25) is 9.80 Å². The monoisotopic (exact) mass is 534 g/mol. The second kappa shape index (κ2) is 10.6. The van der Waals surface area contributed by atoms with Gasteiger partial charge in [0.1, 0.15) is 18.0 Å². The van der Waals surface area contributed by atoms with Gasteiger partial charge in [-0.15, -0.1) is 11.3 Å². The highest BCUT2D eigenvalue weighted by molar-refractivity contribution is 7.18. The SMILES string of the molecule is Cc1nc2cc(OC(C(C)O)N3CCN(CC4CC(c5ccccc5C(F)(F)F)=NO4)CC3)ccc2s1. The van der Waals surface area contributed by atoms with E-state index in [9.17, 15) is 18.3 Å². The Hall–Kier alpha value is -2.73. The molecule has 3 atom stereocenters. The third-order valence-corrected chi connectivity index (χ3v) is 7.59. The lowest BCUT2D eigenvalue weighted by atomic mass is 9.99. The summed E-state index contributed by atoms with van der Waals surface area (Å²) in [6, 6.07) is 11.3. The van der Waals surface area contributed by atoms with E-state index in [4.69, 9.17) is 9.57 Å². The normalized spacial score (nSPS) is 21.0. The lowest BCUT2D eigenvalue weighted by Crippen LogP contribution is -2.56. The molecule has 2 aliphatic rings. The highest BCUT2D eigenvalue weighted by Crippen LogP contribution is 2.34. The average Bonchev–Trinajstić information content (AvgIpc) is 3.47.